The minimum absolute atomic E-state index is 0.00880. The summed E-state index contributed by atoms with van der Waals surface area (Å²) < 4.78 is 4.86. The van der Waals surface area contributed by atoms with Crippen molar-refractivity contribution in [3.05, 3.63) is 0 Å². The maximum Gasteiger partial charge on any atom is 0.323 e. The van der Waals surface area contributed by atoms with Gasteiger partial charge >= 0.3 is 5.97 Å². The topological polar surface area (TPSA) is 58.6 Å². The number of nitrogens with zero attached hydrogens (tertiary/aromatic N) is 1. The van der Waals surface area contributed by atoms with Crippen LogP contribution in [0.4, 0.5) is 0 Å². The Labute approximate surface area is 122 Å². The van der Waals surface area contributed by atoms with E-state index in [-0.39, 0.29) is 30.0 Å². The molecule has 5 heteroatoms. The maximum atomic E-state index is 12.3. The van der Waals surface area contributed by atoms with Crippen molar-refractivity contribution in [2.75, 3.05) is 13.7 Å². The molecule has 1 heterocycles. The smallest absolute Gasteiger partial charge is 0.323 e. The van der Waals surface area contributed by atoms with Gasteiger partial charge in [0.1, 0.15) is 6.04 Å². The van der Waals surface area contributed by atoms with E-state index in [9.17, 15) is 9.59 Å². The summed E-state index contributed by atoms with van der Waals surface area (Å²) in [5.74, 6) is -0.221. The van der Waals surface area contributed by atoms with Crippen molar-refractivity contribution in [2.24, 2.45) is 0 Å². The van der Waals surface area contributed by atoms with E-state index in [1.54, 1.807) is 0 Å². The number of carbonyl (C=O) groups is 2. The first kappa shape index (κ1) is 17.0. The quantitative estimate of drug-likeness (QED) is 0.754. The second-order valence-electron chi connectivity index (χ2n) is 5.47. The number of carbonyl (C=O) groups excluding carboxylic acids is 2. The van der Waals surface area contributed by atoms with Crippen molar-refractivity contribution < 1.29 is 14.3 Å². The van der Waals surface area contributed by atoms with Crippen LogP contribution < -0.4 is 5.32 Å². The fraction of sp³-hybridized carbons (Fsp3) is 0.867. The molecule has 1 fully saturated rings. The zero-order valence-corrected chi connectivity index (χ0v) is 13.1. The van der Waals surface area contributed by atoms with Crippen LogP contribution in [-0.2, 0) is 14.3 Å². The first-order chi connectivity index (χ1) is 9.54. The van der Waals surface area contributed by atoms with Crippen LogP contribution in [0.25, 0.3) is 0 Å². The van der Waals surface area contributed by atoms with Crippen LogP contribution in [-0.4, -0.2) is 48.6 Å². The average Bonchev–Trinajstić information content (AvgIpc) is 2.50. The summed E-state index contributed by atoms with van der Waals surface area (Å²) in [5.41, 5.74) is 0. The lowest BCUT2D eigenvalue weighted by Crippen LogP contribution is -2.55. The van der Waals surface area contributed by atoms with E-state index < -0.39 is 0 Å². The number of amides is 1. The number of likely N-dealkylation sites (tertiary alicyclic amines) is 1. The van der Waals surface area contributed by atoms with Gasteiger partial charge < -0.3 is 10.1 Å². The number of ether oxygens (including phenoxy) is 1. The van der Waals surface area contributed by atoms with Crippen LogP contribution in [0.3, 0.4) is 0 Å². The molecule has 0 aromatic carbocycles. The summed E-state index contributed by atoms with van der Waals surface area (Å²) in [7, 11) is 1.41. The summed E-state index contributed by atoms with van der Waals surface area (Å²) in [5, 5.41) is 3.06. The Kier molecular flexibility index (Phi) is 6.99. The maximum absolute atomic E-state index is 12.3. The molecule has 2 atom stereocenters. The van der Waals surface area contributed by atoms with Crippen molar-refractivity contribution in [1.82, 2.24) is 10.2 Å². The number of methoxy groups -OCH3 is 1. The van der Waals surface area contributed by atoms with Crippen molar-refractivity contribution in [3.63, 3.8) is 0 Å². The van der Waals surface area contributed by atoms with Crippen LogP contribution in [0.1, 0.15) is 52.9 Å². The number of hydrogen-bond acceptors (Lipinski definition) is 4. The van der Waals surface area contributed by atoms with Crippen molar-refractivity contribution in [1.29, 1.82) is 0 Å². The zero-order chi connectivity index (χ0) is 15.1. The van der Waals surface area contributed by atoms with E-state index in [4.69, 9.17) is 4.74 Å². The predicted octanol–water partition coefficient (Wildman–Crippen LogP) is 1.71. The summed E-state index contributed by atoms with van der Waals surface area (Å²) in [6.07, 6.45) is 4.66. The van der Waals surface area contributed by atoms with Gasteiger partial charge in [-0.1, -0.05) is 20.3 Å². The van der Waals surface area contributed by atoms with Crippen molar-refractivity contribution in [3.8, 4) is 0 Å². The largest absolute Gasteiger partial charge is 0.468 e. The Morgan fingerprint density at radius 1 is 1.30 bits per heavy atom. The molecule has 1 aliphatic heterocycles. The molecule has 1 amide bonds. The highest BCUT2D eigenvalue weighted by atomic mass is 16.5. The molecule has 1 N–H and O–H groups in total. The van der Waals surface area contributed by atoms with Gasteiger partial charge in [-0.3, -0.25) is 14.5 Å². The van der Waals surface area contributed by atoms with Gasteiger partial charge in [0.15, 0.2) is 0 Å². The van der Waals surface area contributed by atoms with Gasteiger partial charge in [0.2, 0.25) is 5.91 Å². The van der Waals surface area contributed by atoms with E-state index in [0.717, 1.165) is 38.6 Å². The highest BCUT2D eigenvalue weighted by molar-refractivity contribution is 5.83. The lowest BCUT2D eigenvalue weighted by molar-refractivity contribution is -0.150. The van der Waals surface area contributed by atoms with Crippen molar-refractivity contribution >= 4 is 11.9 Å². The van der Waals surface area contributed by atoms with E-state index in [2.05, 4.69) is 19.2 Å². The Bertz CT molecular complexity index is 329. The van der Waals surface area contributed by atoms with Crippen LogP contribution in [0.15, 0.2) is 0 Å². The number of hydrogen-bond donors (Lipinski definition) is 1. The van der Waals surface area contributed by atoms with Gasteiger partial charge in [-0.15, -0.1) is 0 Å². The summed E-state index contributed by atoms with van der Waals surface area (Å²) in [6, 6.07) is -0.359. The molecule has 20 heavy (non-hydrogen) atoms. The molecular weight excluding hydrogens is 256 g/mol. The normalized spacial score (nSPS) is 21.6. The van der Waals surface area contributed by atoms with Crippen LogP contribution in [0, 0.1) is 0 Å². The molecule has 0 spiro atoms. The number of esters is 1. The van der Waals surface area contributed by atoms with Gasteiger partial charge in [-0.25, -0.2) is 0 Å². The Morgan fingerprint density at radius 3 is 2.50 bits per heavy atom. The number of rotatable bonds is 6. The van der Waals surface area contributed by atoms with Crippen molar-refractivity contribution in [2.45, 2.75) is 71.0 Å². The lowest BCUT2D eigenvalue weighted by Gasteiger charge is -2.37. The second-order valence-corrected chi connectivity index (χ2v) is 5.47. The highest BCUT2D eigenvalue weighted by Crippen LogP contribution is 2.21. The van der Waals surface area contributed by atoms with E-state index >= 15 is 0 Å². The molecule has 0 aromatic rings. The summed E-state index contributed by atoms with van der Waals surface area (Å²) in [4.78, 5) is 26.1. The monoisotopic (exact) mass is 284 g/mol. The Balaban J connectivity index is 2.69. The fourth-order valence-electron chi connectivity index (χ4n) is 2.77. The fourth-order valence-corrected chi connectivity index (χ4v) is 2.77. The third-order valence-electron chi connectivity index (χ3n) is 4.23. The minimum Gasteiger partial charge on any atom is -0.468 e. The van der Waals surface area contributed by atoms with E-state index in [0.29, 0.717) is 0 Å². The summed E-state index contributed by atoms with van der Waals surface area (Å²) >= 11 is 0. The minimum atomic E-state index is -0.292. The number of piperidine rings is 1. The predicted molar refractivity (Wildman–Crippen MR) is 78.3 cm³/mol. The Morgan fingerprint density at radius 2 is 1.95 bits per heavy atom. The molecule has 1 aliphatic rings. The van der Waals surface area contributed by atoms with Crippen LogP contribution in [0.2, 0.25) is 0 Å². The molecule has 5 nitrogen and oxygen atoms in total. The van der Waals surface area contributed by atoms with Crippen LogP contribution in [0.5, 0.6) is 0 Å². The SMILES string of the molecule is CCC(CC)NC(=O)C(C)N1CCCCC1C(=O)OC. The lowest BCUT2D eigenvalue weighted by atomic mass is 9.99. The molecule has 0 aliphatic carbocycles. The van der Waals surface area contributed by atoms with Gasteiger partial charge in [-0.2, -0.15) is 0 Å². The average molecular weight is 284 g/mol. The standard InChI is InChI=1S/C15H28N2O3/c1-5-12(6-2)16-14(18)11(3)17-10-8-7-9-13(17)15(19)20-4/h11-13H,5-10H2,1-4H3,(H,16,18). The first-order valence-electron chi connectivity index (χ1n) is 7.69. The first-order valence-corrected chi connectivity index (χ1v) is 7.69. The Hall–Kier alpha value is -1.10. The third-order valence-corrected chi connectivity index (χ3v) is 4.23. The molecule has 2 unspecified atom stereocenters. The second kappa shape index (κ2) is 8.25. The molecule has 1 saturated heterocycles. The highest BCUT2D eigenvalue weighted by Gasteiger charge is 2.35. The molecule has 0 saturated carbocycles. The zero-order valence-electron chi connectivity index (χ0n) is 13.1. The summed E-state index contributed by atoms with van der Waals surface area (Å²) in [6.45, 7) is 6.78. The molecule has 116 valence electrons. The third kappa shape index (κ3) is 4.20. The molecule has 1 rings (SSSR count). The van der Waals surface area contributed by atoms with E-state index in [1.165, 1.54) is 7.11 Å². The molecule has 0 radical (unpaired) electrons. The van der Waals surface area contributed by atoms with Gasteiger partial charge in [0, 0.05) is 6.04 Å². The molecule has 0 aromatic heterocycles. The molecular formula is C15H28N2O3. The van der Waals surface area contributed by atoms with Gasteiger partial charge in [0.05, 0.1) is 13.2 Å². The number of nitrogens with one attached hydrogen (secondary N) is 1. The van der Waals surface area contributed by atoms with E-state index in [1.807, 2.05) is 11.8 Å². The molecule has 0 bridgehead atoms. The van der Waals surface area contributed by atoms with Crippen LogP contribution >= 0.6 is 0 Å². The van der Waals surface area contributed by atoms with Gasteiger partial charge in [0.25, 0.3) is 0 Å². The van der Waals surface area contributed by atoms with Gasteiger partial charge in [-0.05, 0) is 39.2 Å².